The van der Waals surface area contributed by atoms with Gasteiger partial charge in [0.2, 0.25) is 0 Å². The Morgan fingerprint density at radius 1 is 1.31 bits per heavy atom. The van der Waals surface area contributed by atoms with E-state index in [0.717, 1.165) is 5.92 Å². The molecule has 1 nitrogen and oxygen atoms in total. The molecule has 0 saturated heterocycles. The highest BCUT2D eigenvalue weighted by Crippen LogP contribution is 2.24. The second-order valence-corrected chi connectivity index (χ2v) is 5.28. The van der Waals surface area contributed by atoms with Crippen molar-refractivity contribution in [2.24, 2.45) is 5.92 Å². The molecule has 0 aromatic rings. The fourth-order valence-corrected chi connectivity index (χ4v) is 2.43. The molecule has 0 radical (unpaired) electrons. The first-order valence-corrected chi connectivity index (χ1v) is 7.20. The Hall–Kier alpha value is -0.300. The molecule has 2 unspecified atom stereocenters. The van der Waals surface area contributed by atoms with E-state index in [-0.39, 0.29) is 0 Å². The highest BCUT2D eigenvalue weighted by atomic mass is 14.9. The number of hydrogen-bond acceptors (Lipinski definition) is 1. The van der Waals surface area contributed by atoms with Crippen LogP contribution in [-0.4, -0.2) is 12.6 Å². The van der Waals surface area contributed by atoms with Gasteiger partial charge in [0, 0.05) is 6.04 Å². The van der Waals surface area contributed by atoms with E-state index in [1.165, 1.54) is 51.5 Å². The monoisotopic (exact) mass is 223 g/mol. The van der Waals surface area contributed by atoms with Crippen molar-refractivity contribution < 1.29 is 0 Å². The summed E-state index contributed by atoms with van der Waals surface area (Å²) in [5.74, 6) is 0.845. The van der Waals surface area contributed by atoms with E-state index in [9.17, 15) is 0 Å². The predicted molar refractivity (Wildman–Crippen MR) is 72.7 cm³/mol. The van der Waals surface area contributed by atoms with Crippen molar-refractivity contribution in [3.05, 3.63) is 11.6 Å². The molecule has 0 saturated carbocycles. The van der Waals surface area contributed by atoms with Crippen LogP contribution >= 0.6 is 0 Å². The molecule has 0 aromatic heterocycles. The second-order valence-electron chi connectivity index (χ2n) is 5.28. The Morgan fingerprint density at radius 2 is 2.12 bits per heavy atom. The van der Waals surface area contributed by atoms with Gasteiger partial charge in [-0.2, -0.15) is 0 Å². The molecule has 16 heavy (non-hydrogen) atoms. The third kappa shape index (κ3) is 4.69. The van der Waals surface area contributed by atoms with E-state index in [1.54, 1.807) is 5.57 Å². The fourth-order valence-electron chi connectivity index (χ4n) is 2.43. The van der Waals surface area contributed by atoms with Crippen LogP contribution in [0.5, 0.6) is 0 Å². The average Bonchev–Trinajstić information content (AvgIpc) is 2.35. The molecule has 1 heteroatoms. The lowest BCUT2D eigenvalue weighted by Gasteiger charge is -2.26. The lowest BCUT2D eigenvalue weighted by molar-refractivity contribution is 0.413. The van der Waals surface area contributed by atoms with Crippen LogP contribution in [0.15, 0.2) is 11.6 Å². The first-order valence-electron chi connectivity index (χ1n) is 7.20. The number of nitrogens with one attached hydrogen (secondary N) is 1. The molecule has 0 amide bonds. The van der Waals surface area contributed by atoms with E-state index in [0.29, 0.717) is 6.04 Å². The molecule has 1 rings (SSSR count). The Balaban J connectivity index is 2.51. The minimum Gasteiger partial charge on any atom is -0.310 e. The summed E-state index contributed by atoms with van der Waals surface area (Å²) in [6, 6.07) is 0.662. The first-order chi connectivity index (χ1) is 7.77. The molecule has 0 heterocycles. The van der Waals surface area contributed by atoms with Gasteiger partial charge < -0.3 is 5.32 Å². The summed E-state index contributed by atoms with van der Waals surface area (Å²) in [5, 5.41) is 3.74. The molecular weight excluding hydrogens is 194 g/mol. The van der Waals surface area contributed by atoms with Crippen LogP contribution in [0.25, 0.3) is 0 Å². The van der Waals surface area contributed by atoms with E-state index < -0.39 is 0 Å². The largest absolute Gasteiger partial charge is 0.310 e. The van der Waals surface area contributed by atoms with E-state index in [2.05, 4.69) is 32.2 Å². The average molecular weight is 223 g/mol. The van der Waals surface area contributed by atoms with Gasteiger partial charge in [-0.1, -0.05) is 38.8 Å². The molecule has 0 aliphatic heterocycles. The lowest BCUT2D eigenvalue weighted by atomic mass is 9.88. The highest BCUT2D eigenvalue weighted by Gasteiger charge is 2.17. The molecule has 94 valence electrons. The Bertz CT molecular complexity index is 207. The quantitative estimate of drug-likeness (QED) is 0.635. The van der Waals surface area contributed by atoms with Crippen molar-refractivity contribution in [3.8, 4) is 0 Å². The van der Waals surface area contributed by atoms with Crippen LogP contribution < -0.4 is 5.32 Å². The topological polar surface area (TPSA) is 12.0 Å². The van der Waals surface area contributed by atoms with Crippen LogP contribution in [0, 0.1) is 5.92 Å². The van der Waals surface area contributed by atoms with Gasteiger partial charge in [0.05, 0.1) is 0 Å². The molecule has 2 atom stereocenters. The summed E-state index contributed by atoms with van der Waals surface area (Å²) >= 11 is 0. The third-order valence-electron chi connectivity index (χ3n) is 3.75. The van der Waals surface area contributed by atoms with Crippen molar-refractivity contribution >= 4 is 0 Å². The number of rotatable bonds is 7. The summed E-state index contributed by atoms with van der Waals surface area (Å²) in [5.41, 5.74) is 1.69. The molecule has 0 aromatic carbocycles. The van der Waals surface area contributed by atoms with Crippen LogP contribution in [0.3, 0.4) is 0 Å². The van der Waals surface area contributed by atoms with Crippen LogP contribution in [-0.2, 0) is 0 Å². The van der Waals surface area contributed by atoms with Gasteiger partial charge in [-0.05, 0) is 51.0 Å². The van der Waals surface area contributed by atoms with Gasteiger partial charge in [0.25, 0.3) is 0 Å². The number of hydrogen-bond donors (Lipinski definition) is 1. The molecule has 0 bridgehead atoms. The van der Waals surface area contributed by atoms with Crippen molar-refractivity contribution in [1.82, 2.24) is 5.32 Å². The number of allylic oxidation sites excluding steroid dienone is 1. The zero-order valence-electron chi connectivity index (χ0n) is 11.4. The van der Waals surface area contributed by atoms with E-state index in [1.807, 2.05) is 0 Å². The smallest absolute Gasteiger partial charge is 0.0281 e. The summed E-state index contributed by atoms with van der Waals surface area (Å²) in [4.78, 5) is 0. The Kier molecular flexibility index (Phi) is 6.79. The summed E-state index contributed by atoms with van der Waals surface area (Å²) in [6.07, 6.45) is 11.8. The SMILES string of the molecule is CCCNC(CC(C)CC)C1=CCCCC1. The van der Waals surface area contributed by atoms with Gasteiger partial charge in [-0.25, -0.2) is 0 Å². The predicted octanol–water partition coefficient (Wildman–Crippen LogP) is 4.29. The molecule has 0 spiro atoms. The maximum Gasteiger partial charge on any atom is 0.0281 e. The maximum atomic E-state index is 3.74. The molecule has 1 N–H and O–H groups in total. The van der Waals surface area contributed by atoms with E-state index >= 15 is 0 Å². The Labute approximate surface area is 102 Å². The van der Waals surface area contributed by atoms with Gasteiger partial charge in [0.15, 0.2) is 0 Å². The minimum atomic E-state index is 0.662. The third-order valence-corrected chi connectivity index (χ3v) is 3.75. The second kappa shape index (κ2) is 7.89. The van der Waals surface area contributed by atoms with Crippen molar-refractivity contribution in [2.75, 3.05) is 6.54 Å². The van der Waals surface area contributed by atoms with Crippen LogP contribution in [0.2, 0.25) is 0 Å². The van der Waals surface area contributed by atoms with Gasteiger partial charge >= 0.3 is 0 Å². The molecular formula is C15H29N. The van der Waals surface area contributed by atoms with Gasteiger partial charge in [-0.3, -0.25) is 0 Å². The lowest BCUT2D eigenvalue weighted by Crippen LogP contribution is -2.33. The first kappa shape index (κ1) is 13.8. The normalized spacial score (nSPS) is 20.3. The summed E-state index contributed by atoms with van der Waals surface area (Å²) < 4.78 is 0. The van der Waals surface area contributed by atoms with Gasteiger partial charge in [0.1, 0.15) is 0 Å². The van der Waals surface area contributed by atoms with Crippen LogP contribution in [0.1, 0.15) is 65.7 Å². The van der Waals surface area contributed by atoms with Crippen LogP contribution in [0.4, 0.5) is 0 Å². The molecule has 1 aliphatic rings. The summed E-state index contributed by atoms with van der Waals surface area (Å²) in [7, 11) is 0. The fraction of sp³-hybridized carbons (Fsp3) is 0.867. The zero-order chi connectivity index (χ0) is 11.8. The molecule has 1 aliphatic carbocycles. The minimum absolute atomic E-state index is 0.662. The highest BCUT2D eigenvalue weighted by molar-refractivity contribution is 5.13. The van der Waals surface area contributed by atoms with Crippen molar-refractivity contribution in [3.63, 3.8) is 0 Å². The molecule has 0 fully saturated rings. The summed E-state index contributed by atoms with van der Waals surface area (Å²) in [6.45, 7) is 8.10. The standard InChI is InChI=1S/C15H29N/c1-4-11-16-15(12-13(3)5-2)14-9-7-6-8-10-14/h9,13,15-16H,4-8,10-12H2,1-3H3. The van der Waals surface area contributed by atoms with Crippen molar-refractivity contribution in [1.29, 1.82) is 0 Å². The maximum absolute atomic E-state index is 3.74. The zero-order valence-corrected chi connectivity index (χ0v) is 11.4. The van der Waals surface area contributed by atoms with Crippen molar-refractivity contribution in [2.45, 2.75) is 71.8 Å². The van der Waals surface area contributed by atoms with Gasteiger partial charge in [-0.15, -0.1) is 0 Å². The Morgan fingerprint density at radius 3 is 2.69 bits per heavy atom. The van der Waals surface area contributed by atoms with E-state index in [4.69, 9.17) is 0 Å².